The van der Waals surface area contributed by atoms with E-state index in [2.05, 4.69) is 21.2 Å². The van der Waals surface area contributed by atoms with Crippen molar-refractivity contribution in [2.24, 2.45) is 0 Å². The van der Waals surface area contributed by atoms with Gasteiger partial charge in [0.25, 0.3) is 5.91 Å². The fraction of sp³-hybridized carbons (Fsp3) is 0.267. The molecule has 0 bridgehead atoms. The summed E-state index contributed by atoms with van der Waals surface area (Å²) >= 11 is 5.09. The Bertz CT molecular complexity index is 600. The molecule has 0 aliphatic heterocycles. The van der Waals surface area contributed by atoms with Crippen LogP contribution in [0.3, 0.4) is 0 Å². The molecule has 0 fully saturated rings. The summed E-state index contributed by atoms with van der Waals surface area (Å²) in [4.78, 5) is 13.0. The van der Waals surface area contributed by atoms with Crippen LogP contribution in [0.25, 0.3) is 0 Å². The first kappa shape index (κ1) is 15.9. The van der Waals surface area contributed by atoms with Crippen molar-refractivity contribution in [3.8, 4) is 11.5 Å². The Morgan fingerprint density at radius 3 is 2.67 bits per heavy atom. The number of rotatable bonds is 7. The highest BCUT2D eigenvalue weighted by atomic mass is 79.9. The van der Waals surface area contributed by atoms with Crippen molar-refractivity contribution in [1.82, 2.24) is 5.32 Å². The number of amides is 1. The Morgan fingerprint density at radius 1 is 1.24 bits per heavy atom. The summed E-state index contributed by atoms with van der Waals surface area (Å²) in [6.45, 7) is 0.579. The molecule has 0 saturated heterocycles. The third kappa shape index (κ3) is 5.06. The predicted octanol–water partition coefficient (Wildman–Crippen LogP) is 3.26. The third-order valence-corrected chi connectivity index (χ3v) is 4.43. The number of methoxy groups -OCH3 is 1. The van der Waals surface area contributed by atoms with Gasteiger partial charge in [-0.2, -0.15) is 0 Å². The summed E-state index contributed by atoms with van der Waals surface area (Å²) < 4.78 is 11.7. The molecule has 1 aromatic heterocycles. The molecule has 2 aromatic rings. The third-order valence-electron chi connectivity index (χ3n) is 2.75. The number of hydrogen-bond acceptors (Lipinski definition) is 4. The topological polar surface area (TPSA) is 47.6 Å². The van der Waals surface area contributed by atoms with Gasteiger partial charge in [0.05, 0.1) is 10.9 Å². The maximum absolute atomic E-state index is 11.7. The van der Waals surface area contributed by atoms with Crippen LogP contribution in [0, 0.1) is 0 Å². The zero-order valence-electron chi connectivity index (χ0n) is 11.6. The van der Waals surface area contributed by atoms with E-state index in [4.69, 9.17) is 9.47 Å². The van der Waals surface area contributed by atoms with E-state index < -0.39 is 0 Å². The molecule has 0 atom stereocenters. The minimum absolute atomic E-state index is 0.0193. The smallest absolute Gasteiger partial charge is 0.257 e. The number of ether oxygens (including phenoxy) is 2. The Hall–Kier alpha value is -1.53. The van der Waals surface area contributed by atoms with E-state index >= 15 is 0 Å². The highest BCUT2D eigenvalue weighted by Gasteiger charge is 2.06. The molecule has 2 rings (SSSR count). The van der Waals surface area contributed by atoms with Crippen LogP contribution < -0.4 is 14.8 Å². The summed E-state index contributed by atoms with van der Waals surface area (Å²) in [7, 11) is 1.57. The van der Waals surface area contributed by atoms with Gasteiger partial charge in [-0.1, -0.05) is 12.1 Å². The lowest BCUT2D eigenvalue weighted by molar-refractivity contribution is -0.123. The van der Waals surface area contributed by atoms with E-state index in [1.807, 2.05) is 24.3 Å². The van der Waals surface area contributed by atoms with Crippen LogP contribution in [0.4, 0.5) is 0 Å². The lowest BCUT2D eigenvalue weighted by Gasteiger charge is -2.10. The van der Waals surface area contributed by atoms with Crippen molar-refractivity contribution in [3.63, 3.8) is 0 Å². The second kappa shape index (κ2) is 8.05. The molecule has 112 valence electrons. The van der Waals surface area contributed by atoms with Crippen LogP contribution >= 0.6 is 27.3 Å². The van der Waals surface area contributed by atoms with Crippen molar-refractivity contribution >= 4 is 33.2 Å². The number of thiophene rings is 1. The second-order valence-corrected chi connectivity index (χ2v) is 6.79. The van der Waals surface area contributed by atoms with E-state index in [0.717, 1.165) is 10.2 Å². The number of halogens is 1. The van der Waals surface area contributed by atoms with Crippen LogP contribution in [-0.4, -0.2) is 26.2 Å². The average Bonchev–Trinajstić information content (AvgIpc) is 2.91. The van der Waals surface area contributed by atoms with Crippen molar-refractivity contribution in [3.05, 3.63) is 45.1 Å². The van der Waals surface area contributed by atoms with Gasteiger partial charge in [-0.25, -0.2) is 0 Å². The van der Waals surface area contributed by atoms with Gasteiger partial charge in [-0.15, -0.1) is 11.3 Å². The van der Waals surface area contributed by atoms with Crippen molar-refractivity contribution in [1.29, 1.82) is 0 Å². The fourth-order valence-electron chi connectivity index (χ4n) is 1.74. The van der Waals surface area contributed by atoms with Gasteiger partial charge in [0.2, 0.25) is 0 Å². The van der Waals surface area contributed by atoms with Gasteiger partial charge in [-0.3, -0.25) is 4.79 Å². The molecule has 0 saturated carbocycles. The van der Waals surface area contributed by atoms with Crippen LogP contribution in [0.15, 0.2) is 40.2 Å². The molecule has 1 N–H and O–H groups in total. The van der Waals surface area contributed by atoms with Gasteiger partial charge in [0.1, 0.15) is 0 Å². The van der Waals surface area contributed by atoms with Crippen molar-refractivity contribution < 1.29 is 14.3 Å². The zero-order chi connectivity index (χ0) is 15.1. The molecule has 0 radical (unpaired) electrons. The molecular weight excluding hydrogens is 354 g/mol. The van der Waals surface area contributed by atoms with E-state index in [0.29, 0.717) is 18.0 Å². The quantitative estimate of drug-likeness (QED) is 0.814. The van der Waals surface area contributed by atoms with E-state index in [1.54, 1.807) is 30.6 Å². The minimum atomic E-state index is -0.142. The Morgan fingerprint density at radius 2 is 2.00 bits per heavy atom. The first-order valence-corrected chi connectivity index (χ1v) is 8.06. The first-order chi connectivity index (χ1) is 10.2. The maximum atomic E-state index is 11.7. The number of nitrogens with one attached hydrogen (secondary N) is 1. The molecule has 6 heteroatoms. The number of carbonyl (C=O) groups excluding carboxylic acids is 1. The molecule has 1 amide bonds. The fourth-order valence-corrected chi connectivity index (χ4v) is 3.23. The molecule has 1 heterocycles. The monoisotopic (exact) mass is 369 g/mol. The van der Waals surface area contributed by atoms with Crippen LogP contribution in [0.5, 0.6) is 11.5 Å². The average molecular weight is 370 g/mol. The van der Waals surface area contributed by atoms with Gasteiger partial charge in [0, 0.05) is 11.4 Å². The van der Waals surface area contributed by atoms with E-state index in [9.17, 15) is 4.79 Å². The maximum Gasteiger partial charge on any atom is 0.257 e. The molecule has 4 nitrogen and oxygen atoms in total. The number of para-hydroxylation sites is 2. The van der Waals surface area contributed by atoms with Gasteiger partial charge in [-0.05, 0) is 46.6 Å². The SMILES string of the molecule is COc1ccccc1OCC(=O)NCCc1ccc(Br)s1. The molecule has 0 spiro atoms. The first-order valence-electron chi connectivity index (χ1n) is 6.46. The lowest BCUT2D eigenvalue weighted by atomic mass is 10.3. The largest absolute Gasteiger partial charge is 0.493 e. The van der Waals surface area contributed by atoms with Gasteiger partial charge in [0.15, 0.2) is 18.1 Å². The van der Waals surface area contributed by atoms with Crippen molar-refractivity contribution in [2.75, 3.05) is 20.3 Å². The van der Waals surface area contributed by atoms with Crippen LogP contribution in [0.2, 0.25) is 0 Å². The second-order valence-electron chi connectivity index (χ2n) is 4.25. The summed E-state index contributed by atoms with van der Waals surface area (Å²) in [6, 6.07) is 11.3. The normalized spacial score (nSPS) is 10.2. The lowest BCUT2D eigenvalue weighted by Crippen LogP contribution is -2.30. The molecule has 0 unspecified atom stereocenters. The summed E-state index contributed by atoms with van der Waals surface area (Å²) in [5.74, 6) is 1.04. The number of benzene rings is 1. The van der Waals surface area contributed by atoms with E-state index in [-0.39, 0.29) is 12.5 Å². The number of hydrogen-bond donors (Lipinski definition) is 1. The van der Waals surface area contributed by atoms with E-state index in [1.165, 1.54) is 4.88 Å². The molecule has 0 aliphatic carbocycles. The Kier molecular flexibility index (Phi) is 6.07. The Balaban J connectivity index is 1.72. The van der Waals surface area contributed by atoms with Gasteiger partial charge < -0.3 is 14.8 Å². The number of carbonyl (C=O) groups is 1. The predicted molar refractivity (Wildman–Crippen MR) is 87.2 cm³/mol. The van der Waals surface area contributed by atoms with Gasteiger partial charge >= 0.3 is 0 Å². The van der Waals surface area contributed by atoms with Crippen LogP contribution in [0.1, 0.15) is 4.88 Å². The summed E-state index contributed by atoms with van der Waals surface area (Å²) in [5.41, 5.74) is 0. The molecule has 21 heavy (non-hydrogen) atoms. The standard InChI is InChI=1S/C15H16BrNO3S/c1-19-12-4-2-3-5-13(12)20-10-15(18)17-9-8-11-6-7-14(16)21-11/h2-7H,8-10H2,1H3,(H,17,18). The minimum Gasteiger partial charge on any atom is -0.493 e. The Labute approximate surface area is 136 Å². The molecule has 1 aromatic carbocycles. The molecule has 0 aliphatic rings. The van der Waals surface area contributed by atoms with Crippen LogP contribution in [-0.2, 0) is 11.2 Å². The highest BCUT2D eigenvalue weighted by Crippen LogP contribution is 2.25. The highest BCUT2D eigenvalue weighted by molar-refractivity contribution is 9.11. The molecular formula is C15H16BrNO3S. The summed E-state index contributed by atoms with van der Waals surface area (Å²) in [5, 5.41) is 2.83. The summed E-state index contributed by atoms with van der Waals surface area (Å²) in [6.07, 6.45) is 0.816. The van der Waals surface area contributed by atoms with Crippen molar-refractivity contribution in [2.45, 2.75) is 6.42 Å². The zero-order valence-corrected chi connectivity index (χ0v) is 14.0.